The van der Waals surface area contributed by atoms with Crippen molar-refractivity contribution in [1.82, 2.24) is 15.1 Å². The van der Waals surface area contributed by atoms with Crippen molar-refractivity contribution in [2.24, 2.45) is 5.92 Å². The van der Waals surface area contributed by atoms with Gasteiger partial charge in [0.25, 0.3) is 5.91 Å². The van der Waals surface area contributed by atoms with Gasteiger partial charge in [-0.1, -0.05) is 12.1 Å². The second-order valence-corrected chi connectivity index (χ2v) is 7.46. The number of rotatable bonds is 4. The number of nitrogens with zero attached hydrogens (tertiary/aromatic N) is 2. The molecule has 3 aliphatic rings. The van der Waals surface area contributed by atoms with Crippen LogP contribution < -0.4 is 10.1 Å². The van der Waals surface area contributed by atoms with Crippen LogP contribution in [0.15, 0.2) is 18.2 Å². The van der Waals surface area contributed by atoms with E-state index < -0.39 is 11.6 Å². The lowest BCUT2D eigenvalue weighted by atomic mass is 9.96. The minimum absolute atomic E-state index is 0.188. The van der Waals surface area contributed by atoms with Crippen molar-refractivity contribution >= 4 is 17.8 Å². The van der Waals surface area contributed by atoms with E-state index in [1.807, 2.05) is 18.2 Å². The number of nitrogens with one attached hydrogen (secondary N) is 1. The largest absolute Gasteiger partial charge is 0.496 e. The van der Waals surface area contributed by atoms with Gasteiger partial charge < -0.3 is 15.0 Å². The Labute approximate surface area is 152 Å². The molecule has 2 fully saturated rings. The van der Waals surface area contributed by atoms with Crippen LogP contribution in [0.1, 0.15) is 30.9 Å². The molecule has 1 atom stereocenters. The third kappa shape index (κ3) is 2.62. The van der Waals surface area contributed by atoms with E-state index in [4.69, 9.17) is 4.74 Å². The molecule has 7 heteroatoms. The van der Waals surface area contributed by atoms with E-state index in [1.165, 1.54) is 0 Å². The number of ether oxygens (including phenoxy) is 1. The molecule has 0 bridgehead atoms. The molecule has 1 saturated carbocycles. The van der Waals surface area contributed by atoms with Gasteiger partial charge in [0, 0.05) is 18.7 Å². The molecule has 138 valence electrons. The second kappa shape index (κ2) is 6.00. The molecule has 0 spiro atoms. The summed E-state index contributed by atoms with van der Waals surface area (Å²) in [6.07, 6.45) is 2.58. The van der Waals surface area contributed by atoms with Crippen LogP contribution in [0.2, 0.25) is 0 Å². The summed E-state index contributed by atoms with van der Waals surface area (Å²) in [4.78, 5) is 40.4. The molecule has 4 amide bonds. The van der Waals surface area contributed by atoms with Crippen molar-refractivity contribution in [2.45, 2.75) is 38.3 Å². The van der Waals surface area contributed by atoms with Gasteiger partial charge in [-0.3, -0.25) is 14.5 Å². The van der Waals surface area contributed by atoms with E-state index in [-0.39, 0.29) is 24.3 Å². The number of carbonyl (C=O) groups is 3. The van der Waals surface area contributed by atoms with Crippen molar-refractivity contribution in [2.75, 3.05) is 20.2 Å². The molecular formula is C19H23N3O4. The molecule has 7 nitrogen and oxygen atoms in total. The standard InChI is InChI=1S/C19H23N3O4/c1-19(13-6-7-13)17(24)22(18(25)20-19)11-16(23)21-9-8-14-12(10-21)4-3-5-15(14)26-2/h3-5,13H,6-11H2,1-2H3,(H,20,25). The van der Waals surface area contributed by atoms with Crippen LogP contribution in [0.25, 0.3) is 0 Å². The van der Waals surface area contributed by atoms with Crippen LogP contribution in [-0.4, -0.2) is 53.4 Å². The molecule has 1 N–H and O–H groups in total. The summed E-state index contributed by atoms with van der Waals surface area (Å²) in [5.41, 5.74) is 1.32. The molecule has 2 heterocycles. The topological polar surface area (TPSA) is 79.0 Å². The fourth-order valence-electron chi connectivity index (χ4n) is 4.01. The molecule has 1 unspecified atom stereocenters. The summed E-state index contributed by atoms with van der Waals surface area (Å²) in [5.74, 6) is 0.539. The third-order valence-corrected chi connectivity index (χ3v) is 5.78. The fourth-order valence-corrected chi connectivity index (χ4v) is 4.01. The molecule has 1 aliphatic carbocycles. The smallest absolute Gasteiger partial charge is 0.325 e. The van der Waals surface area contributed by atoms with Gasteiger partial charge in [0.15, 0.2) is 0 Å². The number of fused-ring (bicyclic) bond motifs is 1. The summed E-state index contributed by atoms with van der Waals surface area (Å²) < 4.78 is 5.39. The SMILES string of the molecule is COc1cccc2c1CCN(C(=O)CN1C(=O)NC(C)(C3CC3)C1=O)C2. The lowest BCUT2D eigenvalue weighted by Gasteiger charge is -2.30. The number of carbonyl (C=O) groups excluding carboxylic acids is 3. The Morgan fingerprint density at radius 3 is 2.81 bits per heavy atom. The number of amides is 4. The maximum atomic E-state index is 12.7. The lowest BCUT2D eigenvalue weighted by molar-refractivity contribution is -0.139. The highest BCUT2D eigenvalue weighted by Gasteiger charge is 2.56. The number of hydrogen-bond acceptors (Lipinski definition) is 4. The monoisotopic (exact) mass is 357 g/mol. The van der Waals surface area contributed by atoms with Crippen molar-refractivity contribution in [3.63, 3.8) is 0 Å². The van der Waals surface area contributed by atoms with E-state index >= 15 is 0 Å². The first-order valence-corrected chi connectivity index (χ1v) is 9.00. The maximum Gasteiger partial charge on any atom is 0.325 e. The van der Waals surface area contributed by atoms with Crippen LogP contribution in [0.4, 0.5) is 4.79 Å². The Kier molecular flexibility index (Phi) is 3.89. The van der Waals surface area contributed by atoms with Crippen molar-refractivity contribution < 1.29 is 19.1 Å². The highest BCUT2D eigenvalue weighted by molar-refractivity contribution is 6.09. The third-order valence-electron chi connectivity index (χ3n) is 5.78. The quantitative estimate of drug-likeness (QED) is 0.824. The normalized spacial score (nSPS) is 25.2. The molecule has 1 saturated heterocycles. The van der Waals surface area contributed by atoms with E-state index in [0.29, 0.717) is 19.5 Å². The van der Waals surface area contributed by atoms with Gasteiger partial charge in [-0.25, -0.2) is 4.79 Å². The zero-order valence-corrected chi connectivity index (χ0v) is 15.1. The number of urea groups is 1. The first-order valence-electron chi connectivity index (χ1n) is 9.00. The molecule has 0 aromatic heterocycles. The molecular weight excluding hydrogens is 334 g/mol. The number of benzene rings is 1. The summed E-state index contributed by atoms with van der Waals surface area (Å²) >= 11 is 0. The van der Waals surface area contributed by atoms with E-state index in [1.54, 1.807) is 18.9 Å². The first kappa shape index (κ1) is 16.9. The Morgan fingerprint density at radius 1 is 1.35 bits per heavy atom. The number of hydrogen-bond donors (Lipinski definition) is 1. The zero-order chi connectivity index (χ0) is 18.5. The van der Waals surface area contributed by atoms with Gasteiger partial charge in [-0.15, -0.1) is 0 Å². The van der Waals surface area contributed by atoms with Gasteiger partial charge in [0.1, 0.15) is 17.8 Å². The average molecular weight is 357 g/mol. The predicted octanol–water partition coefficient (Wildman–Crippen LogP) is 1.30. The Balaban J connectivity index is 1.46. The number of imide groups is 1. The van der Waals surface area contributed by atoms with Crippen LogP contribution in [0.3, 0.4) is 0 Å². The van der Waals surface area contributed by atoms with Crippen molar-refractivity contribution in [1.29, 1.82) is 0 Å². The molecule has 4 rings (SSSR count). The van der Waals surface area contributed by atoms with Gasteiger partial charge in [-0.05, 0) is 43.7 Å². The molecule has 0 radical (unpaired) electrons. The lowest BCUT2D eigenvalue weighted by Crippen LogP contribution is -2.47. The zero-order valence-electron chi connectivity index (χ0n) is 15.1. The molecule has 1 aromatic rings. The minimum Gasteiger partial charge on any atom is -0.496 e. The predicted molar refractivity (Wildman–Crippen MR) is 93.5 cm³/mol. The highest BCUT2D eigenvalue weighted by Crippen LogP contribution is 2.42. The Hall–Kier alpha value is -2.57. The molecule has 1 aromatic carbocycles. The molecule has 2 aliphatic heterocycles. The fraction of sp³-hybridized carbons (Fsp3) is 0.526. The van der Waals surface area contributed by atoms with Crippen LogP contribution in [-0.2, 0) is 22.6 Å². The summed E-state index contributed by atoms with van der Waals surface area (Å²) in [6.45, 7) is 2.58. The summed E-state index contributed by atoms with van der Waals surface area (Å²) in [6, 6.07) is 5.35. The first-order chi connectivity index (χ1) is 12.4. The van der Waals surface area contributed by atoms with Crippen LogP contribution in [0.5, 0.6) is 5.75 Å². The van der Waals surface area contributed by atoms with E-state index in [2.05, 4.69) is 5.32 Å². The second-order valence-electron chi connectivity index (χ2n) is 7.46. The van der Waals surface area contributed by atoms with Crippen molar-refractivity contribution in [3.05, 3.63) is 29.3 Å². The molecule has 26 heavy (non-hydrogen) atoms. The maximum absolute atomic E-state index is 12.7. The minimum atomic E-state index is -0.848. The highest BCUT2D eigenvalue weighted by atomic mass is 16.5. The summed E-state index contributed by atoms with van der Waals surface area (Å²) in [5, 5.41) is 2.78. The van der Waals surface area contributed by atoms with E-state index in [0.717, 1.165) is 34.6 Å². The van der Waals surface area contributed by atoms with Gasteiger partial charge in [-0.2, -0.15) is 0 Å². The average Bonchev–Trinajstić information content (AvgIpc) is 3.46. The van der Waals surface area contributed by atoms with Crippen LogP contribution in [0, 0.1) is 5.92 Å². The van der Waals surface area contributed by atoms with Gasteiger partial charge in [0.05, 0.1) is 7.11 Å². The Morgan fingerprint density at radius 2 is 2.12 bits per heavy atom. The van der Waals surface area contributed by atoms with Gasteiger partial charge >= 0.3 is 6.03 Å². The number of methoxy groups -OCH3 is 1. The van der Waals surface area contributed by atoms with E-state index in [9.17, 15) is 14.4 Å². The Bertz CT molecular complexity index is 789. The van der Waals surface area contributed by atoms with Crippen molar-refractivity contribution in [3.8, 4) is 5.75 Å². The summed E-state index contributed by atoms with van der Waals surface area (Å²) in [7, 11) is 1.64. The van der Waals surface area contributed by atoms with Crippen LogP contribution >= 0.6 is 0 Å². The van der Waals surface area contributed by atoms with Gasteiger partial charge in [0.2, 0.25) is 5.91 Å².